The van der Waals surface area contributed by atoms with Gasteiger partial charge in [0.15, 0.2) is 0 Å². The number of aliphatic carboxylic acids is 3. The van der Waals surface area contributed by atoms with Gasteiger partial charge in [-0.1, -0.05) is 24.3 Å². The van der Waals surface area contributed by atoms with Gasteiger partial charge >= 0.3 is 17.9 Å². The molecule has 0 bridgehead atoms. The molecule has 1 saturated heterocycles. The molecule has 23 heavy (non-hydrogen) atoms. The predicted molar refractivity (Wildman–Crippen MR) is 82.1 cm³/mol. The van der Waals surface area contributed by atoms with Crippen LogP contribution in [0.2, 0.25) is 0 Å². The summed E-state index contributed by atoms with van der Waals surface area (Å²) >= 11 is 0. The number of carboxylic acids is 3. The molecule has 126 valence electrons. The molecule has 3 N–H and O–H groups in total. The van der Waals surface area contributed by atoms with E-state index in [0.717, 1.165) is 32.5 Å². The molecule has 1 heterocycles. The van der Waals surface area contributed by atoms with Crippen molar-refractivity contribution in [3.05, 3.63) is 35.4 Å². The van der Waals surface area contributed by atoms with Gasteiger partial charge in [0.2, 0.25) is 0 Å². The van der Waals surface area contributed by atoms with Crippen LogP contribution in [-0.4, -0.2) is 51.2 Å². The van der Waals surface area contributed by atoms with Gasteiger partial charge in [-0.2, -0.15) is 0 Å². The Hall–Kier alpha value is -2.41. The molecular weight excluding hydrogens is 302 g/mol. The minimum atomic E-state index is -1.82. The number of hydrogen-bond donors (Lipinski definition) is 3. The minimum Gasteiger partial charge on any atom is -0.481 e. The van der Waals surface area contributed by atoms with Gasteiger partial charge in [0.05, 0.1) is 5.92 Å². The molecule has 1 aromatic rings. The highest BCUT2D eigenvalue weighted by atomic mass is 16.4. The zero-order valence-corrected chi connectivity index (χ0v) is 12.9. The number of aryl methyl sites for hydroxylation is 1. The molecule has 1 aliphatic rings. The summed E-state index contributed by atoms with van der Waals surface area (Å²) in [5, 5.41) is 23.7. The van der Waals surface area contributed by atoms with Crippen molar-refractivity contribution in [3.8, 4) is 0 Å². The minimum absolute atomic E-state index is 0.136. The summed E-state index contributed by atoms with van der Waals surface area (Å²) in [6, 6.07) is 8.39. The monoisotopic (exact) mass is 323 g/mol. The number of carboxylic acid groups (broad SMARTS) is 3. The van der Waals surface area contributed by atoms with Crippen LogP contribution >= 0.6 is 0 Å². The van der Waals surface area contributed by atoms with Gasteiger partial charge in [0.1, 0.15) is 0 Å². The number of carbonyl (C=O) groups is 3. The third-order valence-corrected chi connectivity index (χ3v) is 3.77. The Bertz CT molecular complexity index is 551. The molecule has 0 atom stereocenters. The molecule has 0 amide bonds. The quantitative estimate of drug-likeness (QED) is 0.721. The van der Waals surface area contributed by atoms with E-state index in [-0.39, 0.29) is 5.92 Å². The predicted octanol–water partition coefficient (Wildman–Crippen LogP) is 1.45. The Balaban J connectivity index is 0.000000379. The molecule has 0 unspecified atom stereocenters. The zero-order valence-electron chi connectivity index (χ0n) is 12.9. The summed E-state index contributed by atoms with van der Waals surface area (Å²) in [5.41, 5.74) is 2.66. The number of likely N-dealkylation sites (tertiary alicyclic amines) is 1. The van der Waals surface area contributed by atoms with Crippen molar-refractivity contribution >= 4 is 17.9 Å². The second-order valence-corrected chi connectivity index (χ2v) is 5.43. The average Bonchev–Trinajstić information content (AvgIpc) is 2.50. The van der Waals surface area contributed by atoms with Crippen molar-refractivity contribution < 1.29 is 29.7 Å². The maximum atomic E-state index is 10.9. The Labute approximate surface area is 134 Å². The standard InChI is InChI=1S/C14H19NO2.C2H2O4/c1-11-4-2-3-5-13(11)10-15-8-6-12(7-9-15)14(16)17;3-1(4)2(5)6/h2-5,12H,6-10H2,1H3,(H,16,17);(H,3,4)(H,5,6). The molecule has 0 aliphatic carbocycles. The van der Waals surface area contributed by atoms with Gasteiger partial charge in [0, 0.05) is 6.54 Å². The number of nitrogens with zero attached hydrogens (tertiary/aromatic N) is 1. The first-order valence-corrected chi connectivity index (χ1v) is 7.27. The Kier molecular flexibility index (Phi) is 7.21. The Morgan fingerprint density at radius 3 is 2.00 bits per heavy atom. The van der Waals surface area contributed by atoms with E-state index in [0.29, 0.717) is 0 Å². The van der Waals surface area contributed by atoms with Gasteiger partial charge in [-0.15, -0.1) is 0 Å². The molecule has 0 saturated carbocycles. The van der Waals surface area contributed by atoms with Crippen LogP contribution in [0.25, 0.3) is 0 Å². The second kappa shape index (κ2) is 8.89. The lowest BCUT2D eigenvalue weighted by molar-refractivity contribution is -0.159. The van der Waals surface area contributed by atoms with Crippen molar-refractivity contribution in [3.63, 3.8) is 0 Å². The fourth-order valence-electron chi connectivity index (χ4n) is 2.37. The summed E-state index contributed by atoms with van der Waals surface area (Å²) < 4.78 is 0. The molecule has 2 rings (SSSR count). The first-order chi connectivity index (χ1) is 10.8. The van der Waals surface area contributed by atoms with Crippen LogP contribution in [0.3, 0.4) is 0 Å². The Morgan fingerprint density at radius 1 is 1.04 bits per heavy atom. The second-order valence-electron chi connectivity index (χ2n) is 5.43. The lowest BCUT2D eigenvalue weighted by Crippen LogP contribution is -2.35. The van der Waals surface area contributed by atoms with E-state index in [9.17, 15) is 4.79 Å². The first-order valence-electron chi connectivity index (χ1n) is 7.27. The molecule has 7 nitrogen and oxygen atoms in total. The summed E-state index contributed by atoms with van der Waals surface area (Å²) in [6.45, 7) is 4.86. The van der Waals surface area contributed by atoms with Crippen molar-refractivity contribution in [1.82, 2.24) is 4.90 Å². The number of piperidine rings is 1. The van der Waals surface area contributed by atoms with E-state index in [1.807, 2.05) is 0 Å². The molecule has 0 aromatic heterocycles. The lowest BCUT2D eigenvalue weighted by atomic mass is 9.96. The molecular formula is C16H21NO6. The van der Waals surface area contributed by atoms with Crippen LogP contribution in [0.5, 0.6) is 0 Å². The zero-order chi connectivity index (χ0) is 17.4. The fraction of sp³-hybridized carbons (Fsp3) is 0.438. The summed E-state index contributed by atoms with van der Waals surface area (Å²) in [6.07, 6.45) is 1.56. The number of benzene rings is 1. The van der Waals surface area contributed by atoms with Crippen LogP contribution in [0.1, 0.15) is 24.0 Å². The normalized spacial score (nSPS) is 15.3. The summed E-state index contributed by atoms with van der Waals surface area (Å²) in [7, 11) is 0. The first kappa shape index (κ1) is 18.6. The van der Waals surface area contributed by atoms with E-state index in [1.54, 1.807) is 0 Å². The smallest absolute Gasteiger partial charge is 0.414 e. The van der Waals surface area contributed by atoms with E-state index >= 15 is 0 Å². The highest BCUT2D eigenvalue weighted by molar-refractivity contribution is 6.27. The van der Waals surface area contributed by atoms with Crippen molar-refractivity contribution in [2.24, 2.45) is 5.92 Å². The molecule has 7 heteroatoms. The Morgan fingerprint density at radius 2 is 1.57 bits per heavy atom. The van der Waals surface area contributed by atoms with Crippen LogP contribution in [0.15, 0.2) is 24.3 Å². The van der Waals surface area contributed by atoms with Crippen LogP contribution < -0.4 is 0 Å². The maximum absolute atomic E-state index is 10.9. The fourth-order valence-corrected chi connectivity index (χ4v) is 2.37. The third kappa shape index (κ3) is 6.48. The SMILES string of the molecule is Cc1ccccc1CN1CCC(C(=O)O)CC1.O=C(O)C(=O)O. The third-order valence-electron chi connectivity index (χ3n) is 3.77. The maximum Gasteiger partial charge on any atom is 0.414 e. The molecule has 1 aliphatic heterocycles. The largest absolute Gasteiger partial charge is 0.481 e. The molecule has 0 radical (unpaired) electrons. The van der Waals surface area contributed by atoms with Crippen LogP contribution in [0, 0.1) is 12.8 Å². The highest BCUT2D eigenvalue weighted by Crippen LogP contribution is 2.20. The number of hydrogen-bond acceptors (Lipinski definition) is 4. The van der Waals surface area contributed by atoms with E-state index in [4.69, 9.17) is 24.9 Å². The average molecular weight is 323 g/mol. The van der Waals surface area contributed by atoms with Crippen molar-refractivity contribution in [1.29, 1.82) is 0 Å². The molecule has 1 aromatic carbocycles. The van der Waals surface area contributed by atoms with Gasteiger partial charge in [-0.25, -0.2) is 9.59 Å². The van der Waals surface area contributed by atoms with Gasteiger partial charge < -0.3 is 15.3 Å². The number of rotatable bonds is 3. The molecule has 0 spiro atoms. The van der Waals surface area contributed by atoms with Crippen molar-refractivity contribution in [2.75, 3.05) is 13.1 Å². The van der Waals surface area contributed by atoms with E-state index < -0.39 is 17.9 Å². The van der Waals surface area contributed by atoms with Crippen LogP contribution in [-0.2, 0) is 20.9 Å². The van der Waals surface area contributed by atoms with Crippen molar-refractivity contribution in [2.45, 2.75) is 26.3 Å². The highest BCUT2D eigenvalue weighted by Gasteiger charge is 2.24. The lowest BCUT2D eigenvalue weighted by Gasteiger charge is -2.30. The topological polar surface area (TPSA) is 115 Å². The van der Waals surface area contributed by atoms with Gasteiger partial charge in [-0.05, 0) is 44.0 Å². The van der Waals surface area contributed by atoms with E-state index in [2.05, 4.69) is 36.1 Å². The van der Waals surface area contributed by atoms with Crippen LogP contribution in [0.4, 0.5) is 0 Å². The van der Waals surface area contributed by atoms with Gasteiger partial charge in [-0.3, -0.25) is 9.69 Å². The van der Waals surface area contributed by atoms with Gasteiger partial charge in [0.25, 0.3) is 0 Å². The summed E-state index contributed by atoms with van der Waals surface area (Å²) in [4.78, 5) is 31.4. The molecule has 1 fully saturated rings. The summed E-state index contributed by atoms with van der Waals surface area (Å²) in [5.74, 6) is -4.42. The van der Waals surface area contributed by atoms with E-state index in [1.165, 1.54) is 11.1 Å².